The molecule has 31 heavy (non-hydrogen) atoms. The van der Waals surface area contributed by atoms with Crippen molar-refractivity contribution < 1.29 is 23.8 Å². The maximum Gasteiger partial charge on any atom is 0.307 e. The van der Waals surface area contributed by atoms with E-state index in [1.165, 1.54) is 0 Å². The number of rotatable bonds is 13. The minimum absolute atomic E-state index is 0.155. The summed E-state index contributed by atoms with van der Waals surface area (Å²) in [7, 11) is 1.63. The van der Waals surface area contributed by atoms with E-state index < -0.39 is 0 Å². The highest BCUT2D eigenvalue weighted by Gasteiger charge is 2.24. The van der Waals surface area contributed by atoms with Gasteiger partial charge in [0.25, 0.3) is 0 Å². The molecule has 0 N–H and O–H groups in total. The molecule has 0 saturated carbocycles. The van der Waals surface area contributed by atoms with Gasteiger partial charge in [-0.3, -0.25) is 14.5 Å². The largest absolute Gasteiger partial charge is 0.497 e. The summed E-state index contributed by atoms with van der Waals surface area (Å²) in [5, 5.41) is 0. The van der Waals surface area contributed by atoms with Gasteiger partial charge < -0.3 is 14.2 Å². The standard InChI is InChI=1S/C25H33NO5/c1-4-26(5-2)22(18-25(28)31-19-21-9-7-6-8-10-21)17-24(27)30-16-15-20-11-13-23(29-3)14-12-20/h6-14,22H,4-5,15-19H2,1-3H3. The van der Waals surface area contributed by atoms with E-state index in [-0.39, 0.29) is 37.4 Å². The van der Waals surface area contributed by atoms with Crippen molar-refractivity contribution in [2.45, 2.75) is 45.8 Å². The highest BCUT2D eigenvalue weighted by Crippen LogP contribution is 2.14. The van der Waals surface area contributed by atoms with E-state index in [1.54, 1.807) is 7.11 Å². The molecule has 0 aliphatic heterocycles. The van der Waals surface area contributed by atoms with Gasteiger partial charge in [0, 0.05) is 12.5 Å². The monoisotopic (exact) mass is 427 g/mol. The molecule has 0 aliphatic rings. The van der Waals surface area contributed by atoms with Gasteiger partial charge in [-0.2, -0.15) is 0 Å². The van der Waals surface area contributed by atoms with Crippen LogP contribution in [0.15, 0.2) is 54.6 Å². The molecule has 168 valence electrons. The molecule has 0 radical (unpaired) electrons. The molecule has 6 nitrogen and oxygen atoms in total. The van der Waals surface area contributed by atoms with Gasteiger partial charge in [0.05, 0.1) is 26.6 Å². The van der Waals surface area contributed by atoms with Gasteiger partial charge >= 0.3 is 11.9 Å². The minimum Gasteiger partial charge on any atom is -0.497 e. The summed E-state index contributed by atoms with van der Waals surface area (Å²) in [5.74, 6) is 0.176. The molecule has 0 amide bonds. The summed E-state index contributed by atoms with van der Waals surface area (Å²) >= 11 is 0. The Balaban J connectivity index is 1.82. The maximum atomic E-state index is 12.4. The first-order valence-corrected chi connectivity index (χ1v) is 10.8. The number of hydrogen-bond donors (Lipinski definition) is 0. The van der Waals surface area contributed by atoms with Crippen molar-refractivity contribution in [1.82, 2.24) is 4.90 Å². The lowest BCUT2D eigenvalue weighted by molar-refractivity contribution is -0.148. The lowest BCUT2D eigenvalue weighted by atomic mass is 10.1. The Kier molecular flexibility index (Phi) is 10.6. The minimum atomic E-state index is -0.313. The predicted octanol–water partition coefficient (Wildman–Crippen LogP) is 4.01. The lowest BCUT2D eigenvalue weighted by Crippen LogP contribution is -2.39. The van der Waals surface area contributed by atoms with Crippen LogP contribution in [0.3, 0.4) is 0 Å². The summed E-state index contributed by atoms with van der Waals surface area (Å²) in [4.78, 5) is 26.9. The molecule has 2 aromatic rings. The zero-order chi connectivity index (χ0) is 22.5. The van der Waals surface area contributed by atoms with Crippen LogP contribution in [0, 0.1) is 0 Å². The summed E-state index contributed by atoms with van der Waals surface area (Å²) in [6.45, 7) is 6.05. The van der Waals surface area contributed by atoms with Crippen molar-refractivity contribution in [2.75, 3.05) is 26.8 Å². The first-order chi connectivity index (χ1) is 15.0. The van der Waals surface area contributed by atoms with Gasteiger partial charge in [-0.05, 0) is 36.3 Å². The van der Waals surface area contributed by atoms with Crippen molar-refractivity contribution >= 4 is 11.9 Å². The van der Waals surface area contributed by atoms with Crippen molar-refractivity contribution in [1.29, 1.82) is 0 Å². The van der Waals surface area contributed by atoms with E-state index in [1.807, 2.05) is 68.4 Å². The van der Waals surface area contributed by atoms with Crippen molar-refractivity contribution in [3.63, 3.8) is 0 Å². The molecular weight excluding hydrogens is 394 g/mol. The van der Waals surface area contributed by atoms with Crippen molar-refractivity contribution in [2.24, 2.45) is 0 Å². The highest BCUT2D eigenvalue weighted by molar-refractivity contribution is 5.74. The molecule has 0 fully saturated rings. The van der Waals surface area contributed by atoms with E-state index in [2.05, 4.69) is 4.90 Å². The van der Waals surface area contributed by atoms with Crippen LogP contribution < -0.4 is 4.74 Å². The number of esters is 2. The van der Waals surface area contributed by atoms with Crippen molar-refractivity contribution in [3.8, 4) is 5.75 Å². The van der Waals surface area contributed by atoms with E-state index in [0.29, 0.717) is 13.0 Å². The molecule has 1 atom stereocenters. The zero-order valence-corrected chi connectivity index (χ0v) is 18.7. The molecule has 0 heterocycles. The average molecular weight is 428 g/mol. The van der Waals surface area contributed by atoms with Gasteiger partial charge in [0.2, 0.25) is 0 Å². The summed E-state index contributed by atoms with van der Waals surface area (Å²) in [6, 6.07) is 17.0. The Bertz CT molecular complexity index is 787. The fraction of sp³-hybridized carbons (Fsp3) is 0.440. The van der Waals surface area contributed by atoms with Crippen molar-refractivity contribution in [3.05, 3.63) is 65.7 Å². The summed E-state index contributed by atoms with van der Waals surface area (Å²) < 4.78 is 16.0. The van der Waals surface area contributed by atoms with E-state index in [9.17, 15) is 9.59 Å². The number of ether oxygens (including phenoxy) is 3. The van der Waals surface area contributed by atoms with Gasteiger partial charge in [-0.15, -0.1) is 0 Å². The normalized spacial score (nSPS) is 11.7. The van der Waals surface area contributed by atoms with Gasteiger partial charge in [-0.1, -0.05) is 56.3 Å². The Hall–Kier alpha value is -2.86. The predicted molar refractivity (Wildman–Crippen MR) is 120 cm³/mol. The first kappa shape index (κ1) is 24.4. The van der Waals surface area contributed by atoms with Crippen LogP contribution in [-0.2, 0) is 32.1 Å². The SMILES string of the molecule is CCN(CC)C(CC(=O)OCCc1ccc(OC)cc1)CC(=O)OCc1ccccc1. The number of methoxy groups -OCH3 is 1. The quantitative estimate of drug-likeness (QED) is 0.450. The average Bonchev–Trinajstić information content (AvgIpc) is 2.79. The fourth-order valence-electron chi connectivity index (χ4n) is 3.39. The molecule has 0 aromatic heterocycles. The molecule has 2 rings (SSSR count). The molecule has 1 unspecified atom stereocenters. The van der Waals surface area contributed by atoms with Gasteiger partial charge in [0.15, 0.2) is 0 Å². The Labute approximate surface area is 185 Å². The van der Waals surface area contributed by atoms with Gasteiger partial charge in [-0.25, -0.2) is 0 Å². The number of nitrogens with zero attached hydrogens (tertiary/aromatic N) is 1. The van der Waals surface area contributed by atoms with Crippen LogP contribution in [0.2, 0.25) is 0 Å². The second-order valence-electron chi connectivity index (χ2n) is 7.25. The molecule has 0 spiro atoms. The Morgan fingerprint density at radius 2 is 1.45 bits per heavy atom. The first-order valence-electron chi connectivity index (χ1n) is 10.8. The maximum absolute atomic E-state index is 12.4. The van der Waals surface area contributed by atoms with E-state index in [0.717, 1.165) is 30.0 Å². The van der Waals surface area contributed by atoms with Crippen LogP contribution in [-0.4, -0.2) is 49.7 Å². The number of benzene rings is 2. The van der Waals surface area contributed by atoms with E-state index in [4.69, 9.17) is 14.2 Å². The van der Waals surface area contributed by atoms with Gasteiger partial charge in [0.1, 0.15) is 12.4 Å². The topological polar surface area (TPSA) is 65.1 Å². The highest BCUT2D eigenvalue weighted by atomic mass is 16.5. The molecule has 0 bridgehead atoms. The van der Waals surface area contributed by atoms with Crippen LogP contribution in [0.5, 0.6) is 5.75 Å². The summed E-state index contributed by atoms with van der Waals surface area (Å²) in [6.07, 6.45) is 0.942. The van der Waals surface area contributed by atoms with E-state index >= 15 is 0 Å². The second-order valence-corrected chi connectivity index (χ2v) is 7.25. The third-order valence-electron chi connectivity index (χ3n) is 5.19. The van der Waals surface area contributed by atoms with Crippen LogP contribution in [0.25, 0.3) is 0 Å². The molecule has 2 aromatic carbocycles. The number of carbonyl (C=O) groups is 2. The third-order valence-corrected chi connectivity index (χ3v) is 5.19. The molecule has 0 aliphatic carbocycles. The lowest BCUT2D eigenvalue weighted by Gasteiger charge is -2.28. The fourth-order valence-corrected chi connectivity index (χ4v) is 3.39. The van der Waals surface area contributed by atoms with Crippen LogP contribution in [0.1, 0.15) is 37.8 Å². The summed E-state index contributed by atoms with van der Waals surface area (Å²) in [5.41, 5.74) is 2.01. The zero-order valence-electron chi connectivity index (χ0n) is 18.7. The van der Waals surface area contributed by atoms with Crippen LogP contribution >= 0.6 is 0 Å². The molecule has 6 heteroatoms. The number of carbonyl (C=O) groups excluding carboxylic acids is 2. The Morgan fingerprint density at radius 3 is 2.03 bits per heavy atom. The second kappa shape index (κ2) is 13.4. The smallest absolute Gasteiger partial charge is 0.307 e. The third kappa shape index (κ3) is 8.80. The Morgan fingerprint density at radius 1 is 0.839 bits per heavy atom. The molecule has 0 saturated heterocycles. The molecular formula is C25H33NO5. The van der Waals surface area contributed by atoms with Crippen LogP contribution in [0.4, 0.5) is 0 Å². The number of hydrogen-bond acceptors (Lipinski definition) is 6.